The Morgan fingerprint density at radius 2 is 2.00 bits per heavy atom. The second-order valence-corrected chi connectivity index (χ2v) is 7.64. The van der Waals surface area contributed by atoms with E-state index < -0.39 is 9.84 Å². The smallest absolute Gasteiger partial charge is 0.191 e. The maximum Gasteiger partial charge on any atom is 0.191 e. The maximum absolute atomic E-state index is 11.4. The largest absolute Gasteiger partial charge is 0.356 e. The van der Waals surface area contributed by atoms with Gasteiger partial charge in [0.15, 0.2) is 15.8 Å². The van der Waals surface area contributed by atoms with Crippen LogP contribution in [0.1, 0.15) is 24.7 Å². The molecule has 0 saturated carbocycles. The lowest BCUT2D eigenvalue weighted by atomic mass is 10.4. The molecule has 1 aromatic heterocycles. The first-order valence-corrected chi connectivity index (χ1v) is 9.36. The molecular formula is C14H27N5O2S. The zero-order valence-corrected chi connectivity index (χ0v) is 14.7. The van der Waals surface area contributed by atoms with Crippen LogP contribution >= 0.6 is 0 Å². The van der Waals surface area contributed by atoms with Crippen LogP contribution in [0.25, 0.3) is 0 Å². The van der Waals surface area contributed by atoms with Crippen molar-refractivity contribution >= 4 is 15.8 Å². The Balaban J connectivity index is 2.26. The SMILES string of the molecule is CCS(=O)(=O)CCNC(=NC)NCCCn1nc(C)cc1C. The number of nitrogens with zero attached hydrogens (tertiary/aromatic N) is 3. The lowest BCUT2D eigenvalue weighted by Gasteiger charge is -2.12. The number of aryl methyl sites for hydroxylation is 3. The van der Waals surface area contributed by atoms with Crippen LogP contribution in [0.2, 0.25) is 0 Å². The predicted molar refractivity (Wildman–Crippen MR) is 90.0 cm³/mol. The average molecular weight is 329 g/mol. The Morgan fingerprint density at radius 3 is 2.55 bits per heavy atom. The van der Waals surface area contributed by atoms with Crippen molar-refractivity contribution in [2.75, 3.05) is 31.6 Å². The van der Waals surface area contributed by atoms with Gasteiger partial charge in [-0.3, -0.25) is 9.67 Å². The summed E-state index contributed by atoms with van der Waals surface area (Å²) in [4.78, 5) is 4.08. The summed E-state index contributed by atoms with van der Waals surface area (Å²) >= 11 is 0. The van der Waals surface area contributed by atoms with E-state index in [0.29, 0.717) is 12.5 Å². The van der Waals surface area contributed by atoms with Gasteiger partial charge in [0.2, 0.25) is 0 Å². The van der Waals surface area contributed by atoms with E-state index in [-0.39, 0.29) is 11.5 Å². The van der Waals surface area contributed by atoms with E-state index in [9.17, 15) is 8.42 Å². The Morgan fingerprint density at radius 1 is 1.32 bits per heavy atom. The number of guanidine groups is 1. The van der Waals surface area contributed by atoms with E-state index >= 15 is 0 Å². The average Bonchev–Trinajstić information content (AvgIpc) is 2.79. The number of sulfone groups is 1. The Bertz CT molecular complexity index is 592. The fourth-order valence-corrected chi connectivity index (χ4v) is 2.73. The van der Waals surface area contributed by atoms with E-state index in [4.69, 9.17) is 0 Å². The summed E-state index contributed by atoms with van der Waals surface area (Å²) in [7, 11) is -1.27. The molecule has 2 N–H and O–H groups in total. The van der Waals surface area contributed by atoms with Gasteiger partial charge >= 0.3 is 0 Å². The summed E-state index contributed by atoms with van der Waals surface area (Å²) in [5.41, 5.74) is 2.19. The highest BCUT2D eigenvalue weighted by Gasteiger charge is 2.07. The minimum atomic E-state index is -2.94. The Labute approximate surface area is 133 Å². The highest BCUT2D eigenvalue weighted by atomic mass is 32.2. The van der Waals surface area contributed by atoms with E-state index in [1.807, 2.05) is 18.5 Å². The molecule has 0 atom stereocenters. The zero-order chi connectivity index (χ0) is 16.6. The maximum atomic E-state index is 11.4. The Kier molecular flexibility index (Phi) is 7.37. The number of hydrogen-bond donors (Lipinski definition) is 2. The van der Waals surface area contributed by atoms with Gasteiger partial charge in [0.25, 0.3) is 0 Å². The van der Waals surface area contributed by atoms with Gasteiger partial charge in [0, 0.05) is 38.1 Å². The second-order valence-electron chi connectivity index (χ2n) is 5.17. The quantitative estimate of drug-likeness (QED) is 0.412. The number of nitrogens with one attached hydrogen (secondary N) is 2. The first-order chi connectivity index (χ1) is 10.4. The summed E-state index contributed by atoms with van der Waals surface area (Å²) in [5.74, 6) is 0.916. The topological polar surface area (TPSA) is 88.4 Å². The molecule has 0 aliphatic rings. The van der Waals surface area contributed by atoms with Crippen LogP contribution in [0.4, 0.5) is 0 Å². The molecular weight excluding hydrogens is 302 g/mol. The lowest BCUT2D eigenvalue weighted by Crippen LogP contribution is -2.40. The fourth-order valence-electron chi connectivity index (χ4n) is 2.03. The van der Waals surface area contributed by atoms with E-state index in [1.165, 1.54) is 0 Å². The van der Waals surface area contributed by atoms with E-state index in [0.717, 1.165) is 30.9 Å². The molecule has 126 valence electrons. The summed E-state index contributed by atoms with van der Waals surface area (Å²) < 4.78 is 24.8. The van der Waals surface area contributed by atoms with Gasteiger partial charge in [-0.05, 0) is 26.3 Å². The third-order valence-corrected chi connectivity index (χ3v) is 5.02. The van der Waals surface area contributed by atoms with Gasteiger partial charge < -0.3 is 10.6 Å². The standard InChI is InChI=1S/C14H27N5O2S/c1-5-22(20,21)10-8-17-14(15-4)16-7-6-9-19-13(3)11-12(2)18-19/h11H,5-10H2,1-4H3,(H2,15,16,17). The van der Waals surface area contributed by atoms with Crippen LogP contribution in [0.5, 0.6) is 0 Å². The molecule has 0 fully saturated rings. The van der Waals surface area contributed by atoms with Crippen molar-refractivity contribution in [2.45, 2.75) is 33.7 Å². The minimum absolute atomic E-state index is 0.121. The molecule has 0 saturated heterocycles. The van der Waals surface area contributed by atoms with E-state index in [2.05, 4.69) is 26.8 Å². The molecule has 0 unspecified atom stereocenters. The normalized spacial score (nSPS) is 12.5. The molecule has 0 aliphatic carbocycles. The lowest BCUT2D eigenvalue weighted by molar-refractivity contribution is 0.555. The van der Waals surface area contributed by atoms with Crippen molar-refractivity contribution in [1.82, 2.24) is 20.4 Å². The van der Waals surface area contributed by atoms with Crippen molar-refractivity contribution in [1.29, 1.82) is 0 Å². The van der Waals surface area contributed by atoms with Crippen molar-refractivity contribution in [3.63, 3.8) is 0 Å². The van der Waals surface area contributed by atoms with Gasteiger partial charge in [0.05, 0.1) is 11.4 Å². The number of aliphatic imine (C=N–C) groups is 1. The highest BCUT2D eigenvalue weighted by molar-refractivity contribution is 7.91. The van der Waals surface area contributed by atoms with Crippen LogP contribution in [0.15, 0.2) is 11.1 Å². The first-order valence-electron chi connectivity index (χ1n) is 7.54. The molecule has 8 heteroatoms. The molecule has 1 aromatic rings. The van der Waals surface area contributed by atoms with Crippen molar-refractivity contribution in [3.05, 3.63) is 17.5 Å². The predicted octanol–water partition coefficient (Wildman–Crippen LogP) is 0.490. The molecule has 22 heavy (non-hydrogen) atoms. The molecule has 0 aromatic carbocycles. The van der Waals surface area contributed by atoms with Crippen LogP contribution in [-0.2, 0) is 16.4 Å². The van der Waals surface area contributed by atoms with Gasteiger partial charge in [-0.1, -0.05) is 6.92 Å². The van der Waals surface area contributed by atoms with Crippen LogP contribution in [0.3, 0.4) is 0 Å². The molecule has 0 bridgehead atoms. The molecule has 1 rings (SSSR count). The van der Waals surface area contributed by atoms with Crippen LogP contribution in [-0.4, -0.2) is 55.8 Å². The minimum Gasteiger partial charge on any atom is -0.356 e. The highest BCUT2D eigenvalue weighted by Crippen LogP contribution is 2.02. The zero-order valence-electron chi connectivity index (χ0n) is 13.9. The van der Waals surface area contributed by atoms with Gasteiger partial charge in [-0.15, -0.1) is 0 Å². The number of hydrogen-bond acceptors (Lipinski definition) is 4. The number of aromatic nitrogens is 2. The molecule has 0 radical (unpaired) electrons. The summed E-state index contributed by atoms with van der Waals surface area (Å²) in [5, 5.41) is 10.6. The molecule has 1 heterocycles. The van der Waals surface area contributed by atoms with Crippen molar-refractivity contribution in [3.8, 4) is 0 Å². The monoisotopic (exact) mass is 329 g/mol. The first kappa shape index (κ1) is 18.5. The van der Waals surface area contributed by atoms with Crippen molar-refractivity contribution < 1.29 is 8.42 Å². The third-order valence-electron chi connectivity index (χ3n) is 3.31. The molecule has 7 nitrogen and oxygen atoms in total. The third kappa shape index (κ3) is 6.46. The summed E-state index contributed by atoms with van der Waals surface area (Å²) in [6.45, 7) is 7.64. The summed E-state index contributed by atoms with van der Waals surface area (Å²) in [6.07, 6.45) is 0.913. The van der Waals surface area contributed by atoms with Crippen molar-refractivity contribution in [2.24, 2.45) is 4.99 Å². The summed E-state index contributed by atoms with van der Waals surface area (Å²) in [6, 6.07) is 2.06. The second kappa shape index (κ2) is 8.77. The number of rotatable bonds is 8. The van der Waals surface area contributed by atoms with Gasteiger partial charge in [-0.25, -0.2) is 8.42 Å². The molecule has 0 amide bonds. The van der Waals surface area contributed by atoms with Gasteiger partial charge in [0.1, 0.15) is 0 Å². The van der Waals surface area contributed by atoms with Crippen LogP contribution in [0, 0.1) is 13.8 Å². The van der Waals surface area contributed by atoms with E-state index in [1.54, 1.807) is 14.0 Å². The fraction of sp³-hybridized carbons (Fsp3) is 0.714. The molecule has 0 aliphatic heterocycles. The van der Waals surface area contributed by atoms with Gasteiger partial charge in [-0.2, -0.15) is 5.10 Å². The Hall–Kier alpha value is -1.57. The van der Waals surface area contributed by atoms with Crippen LogP contribution < -0.4 is 10.6 Å². The molecule has 0 spiro atoms.